The van der Waals surface area contributed by atoms with Crippen molar-refractivity contribution in [3.63, 3.8) is 0 Å². The van der Waals surface area contributed by atoms with Crippen LogP contribution in [0.3, 0.4) is 0 Å². The first-order valence-corrected chi connectivity index (χ1v) is 8.50. The molecule has 3 aromatic rings. The second-order valence-corrected chi connectivity index (χ2v) is 5.40. The molecule has 3 aromatic heterocycles. The SMILES string of the molecule is C.CC.c1cc(N2CCNCC2)cc(Nc2cc3cc[nH]c3cn2)n1. The van der Waals surface area contributed by atoms with E-state index in [4.69, 9.17) is 0 Å². The maximum Gasteiger partial charge on any atom is 0.133 e. The smallest absolute Gasteiger partial charge is 0.133 e. The van der Waals surface area contributed by atoms with Crippen LogP contribution in [0.15, 0.2) is 42.9 Å². The van der Waals surface area contributed by atoms with Crippen LogP contribution < -0.4 is 15.5 Å². The van der Waals surface area contributed by atoms with Gasteiger partial charge in [-0.05, 0) is 18.2 Å². The second-order valence-electron chi connectivity index (χ2n) is 5.40. The summed E-state index contributed by atoms with van der Waals surface area (Å²) >= 11 is 0. The van der Waals surface area contributed by atoms with Gasteiger partial charge in [0, 0.05) is 55.7 Å². The van der Waals surface area contributed by atoms with Crippen molar-refractivity contribution < 1.29 is 0 Å². The molecule has 25 heavy (non-hydrogen) atoms. The standard InChI is InChI=1S/C16H18N6.C2H6.CH4/c1-3-18-14-11-20-15(9-12(1)14)21-16-10-13(2-4-19-16)22-7-5-17-6-8-22;1-2;/h1-4,9-11,17-18H,5-8H2,(H,19,20,21);1-2H3;1H4. The van der Waals surface area contributed by atoms with Crippen molar-refractivity contribution in [2.45, 2.75) is 21.3 Å². The molecule has 3 N–H and O–H groups in total. The van der Waals surface area contributed by atoms with Crippen molar-refractivity contribution in [1.29, 1.82) is 0 Å². The molecule has 0 radical (unpaired) electrons. The minimum atomic E-state index is 0. The Morgan fingerprint density at radius 2 is 1.80 bits per heavy atom. The van der Waals surface area contributed by atoms with Gasteiger partial charge in [-0.2, -0.15) is 0 Å². The van der Waals surface area contributed by atoms with Crippen molar-refractivity contribution in [2.75, 3.05) is 36.4 Å². The summed E-state index contributed by atoms with van der Waals surface area (Å²) in [4.78, 5) is 14.3. The number of aromatic amines is 1. The summed E-state index contributed by atoms with van der Waals surface area (Å²) in [6.07, 6.45) is 5.59. The Hall–Kier alpha value is -2.60. The van der Waals surface area contributed by atoms with Gasteiger partial charge in [-0.3, -0.25) is 0 Å². The first kappa shape index (κ1) is 18.7. The van der Waals surface area contributed by atoms with Gasteiger partial charge in [0.2, 0.25) is 0 Å². The van der Waals surface area contributed by atoms with Crippen molar-refractivity contribution >= 4 is 28.2 Å². The molecule has 0 amide bonds. The van der Waals surface area contributed by atoms with E-state index >= 15 is 0 Å². The van der Waals surface area contributed by atoms with E-state index in [2.05, 4.69) is 42.6 Å². The zero-order valence-electron chi connectivity index (χ0n) is 14.2. The number of nitrogens with zero attached hydrogens (tertiary/aromatic N) is 3. The molecule has 6 nitrogen and oxygen atoms in total. The molecule has 1 saturated heterocycles. The largest absolute Gasteiger partial charge is 0.369 e. The third-order valence-corrected chi connectivity index (χ3v) is 3.92. The van der Waals surface area contributed by atoms with Gasteiger partial charge < -0.3 is 20.5 Å². The fourth-order valence-electron chi connectivity index (χ4n) is 2.76. The molecule has 1 aliphatic heterocycles. The fraction of sp³-hybridized carbons (Fsp3) is 0.368. The van der Waals surface area contributed by atoms with Crippen LogP contribution in [0, 0.1) is 0 Å². The van der Waals surface area contributed by atoms with Gasteiger partial charge in [-0.25, -0.2) is 9.97 Å². The number of hydrogen-bond donors (Lipinski definition) is 3. The van der Waals surface area contributed by atoms with E-state index in [1.165, 1.54) is 5.69 Å². The van der Waals surface area contributed by atoms with E-state index in [-0.39, 0.29) is 7.43 Å². The molecule has 6 heteroatoms. The van der Waals surface area contributed by atoms with Crippen LogP contribution in [-0.2, 0) is 0 Å². The van der Waals surface area contributed by atoms with Crippen LogP contribution in [0.4, 0.5) is 17.3 Å². The van der Waals surface area contributed by atoms with E-state index in [1.807, 2.05) is 44.6 Å². The Bertz CT molecular complexity index is 776. The molecular weight excluding hydrogens is 312 g/mol. The molecule has 0 aliphatic carbocycles. The molecule has 0 aromatic carbocycles. The normalized spacial score (nSPS) is 13.6. The van der Waals surface area contributed by atoms with E-state index in [9.17, 15) is 0 Å². The minimum absolute atomic E-state index is 0. The monoisotopic (exact) mass is 340 g/mol. The van der Waals surface area contributed by atoms with Gasteiger partial charge >= 0.3 is 0 Å². The molecule has 4 heterocycles. The number of hydrogen-bond acceptors (Lipinski definition) is 5. The number of nitrogens with one attached hydrogen (secondary N) is 3. The highest BCUT2D eigenvalue weighted by Crippen LogP contribution is 2.21. The maximum absolute atomic E-state index is 4.41. The molecule has 134 valence electrons. The topological polar surface area (TPSA) is 68.9 Å². The molecule has 4 rings (SSSR count). The minimum Gasteiger partial charge on any atom is -0.369 e. The Kier molecular flexibility index (Phi) is 6.77. The zero-order valence-corrected chi connectivity index (χ0v) is 14.2. The van der Waals surface area contributed by atoms with E-state index in [0.717, 1.165) is 48.7 Å². The number of H-pyrrole nitrogens is 1. The summed E-state index contributed by atoms with van der Waals surface area (Å²) in [6.45, 7) is 8.10. The van der Waals surface area contributed by atoms with Crippen LogP contribution in [0.2, 0.25) is 0 Å². The molecule has 1 aliphatic rings. The highest BCUT2D eigenvalue weighted by atomic mass is 15.2. The zero-order chi connectivity index (χ0) is 16.8. The molecule has 1 fully saturated rings. The van der Waals surface area contributed by atoms with Gasteiger partial charge in [0.25, 0.3) is 0 Å². The molecule has 0 unspecified atom stereocenters. The third kappa shape index (κ3) is 4.48. The Balaban J connectivity index is 0.000000726. The predicted molar refractivity (Wildman–Crippen MR) is 107 cm³/mol. The highest BCUT2D eigenvalue weighted by molar-refractivity contribution is 5.81. The summed E-state index contributed by atoms with van der Waals surface area (Å²) in [5.74, 6) is 1.62. The summed E-state index contributed by atoms with van der Waals surface area (Å²) in [7, 11) is 0. The quantitative estimate of drug-likeness (QED) is 0.677. The Labute approximate surface area is 149 Å². The van der Waals surface area contributed by atoms with E-state index in [1.54, 1.807) is 0 Å². The number of anilines is 3. The molecule has 0 spiro atoms. The van der Waals surface area contributed by atoms with Gasteiger partial charge in [0.15, 0.2) is 0 Å². The average Bonchev–Trinajstić information content (AvgIpc) is 3.12. The lowest BCUT2D eigenvalue weighted by atomic mass is 10.3. The van der Waals surface area contributed by atoms with Gasteiger partial charge in [0.05, 0.1) is 11.7 Å². The van der Waals surface area contributed by atoms with Crippen LogP contribution in [-0.4, -0.2) is 41.1 Å². The summed E-state index contributed by atoms with van der Waals surface area (Å²) in [5.41, 5.74) is 2.23. The number of fused-ring (bicyclic) bond motifs is 1. The highest BCUT2D eigenvalue weighted by Gasteiger charge is 2.11. The van der Waals surface area contributed by atoms with E-state index in [0.29, 0.717) is 0 Å². The van der Waals surface area contributed by atoms with Crippen molar-refractivity contribution in [1.82, 2.24) is 20.3 Å². The number of pyridine rings is 2. The van der Waals surface area contributed by atoms with Gasteiger partial charge in [-0.1, -0.05) is 21.3 Å². The molecule has 0 atom stereocenters. The van der Waals surface area contributed by atoms with Crippen molar-refractivity contribution in [3.8, 4) is 0 Å². The van der Waals surface area contributed by atoms with E-state index < -0.39 is 0 Å². The summed E-state index contributed by atoms with van der Waals surface area (Å²) in [6, 6.07) is 8.19. The average molecular weight is 340 g/mol. The number of piperazine rings is 1. The number of rotatable bonds is 3. The second kappa shape index (κ2) is 9.03. The molecule has 0 saturated carbocycles. The Morgan fingerprint density at radius 3 is 2.60 bits per heavy atom. The lowest BCUT2D eigenvalue weighted by Crippen LogP contribution is -2.43. The van der Waals surface area contributed by atoms with Crippen LogP contribution >= 0.6 is 0 Å². The summed E-state index contributed by atoms with van der Waals surface area (Å²) in [5, 5.41) is 7.79. The summed E-state index contributed by atoms with van der Waals surface area (Å²) < 4.78 is 0. The number of aromatic nitrogens is 3. The first-order chi connectivity index (χ1) is 11.9. The predicted octanol–water partition coefficient (Wildman–Crippen LogP) is 3.77. The van der Waals surface area contributed by atoms with Crippen molar-refractivity contribution in [2.24, 2.45) is 0 Å². The molecule has 0 bridgehead atoms. The fourth-order valence-corrected chi connectivity index (χ4v) is 2.76. The lowest BCUT2D eigenvalue weighted by Gasteiger charge is -2.29. The molecular formula is C19H28N6. The van der Waals surface area contributed by atoms with Crippen molar-refractivity contribution in [3.05, 3.63) is 42.9 Å². The van der Waals surface area contributed by atoms with Gasteiger partial charge in [-0.15, -0.1) is 0 Å². The maximum atomic E-state index is 4.41. The third-order valence-electron chi connectivity index (χ3n) is 3.92. The Morgan fingerprint density at radius 1 is 1.04 bits per heavy atom. The van der Waals surface area contributed by atoms with Gasteiger partial charge in [0.1, 0.15) is 11.6 Å². The van der Waals surface area contributed by atoms with Crippen LogP contribution in [0.5, 0.6) is 0 Å². The first-order valence-electron chi connectivity index (χ1n) is 8.50. The van der Waals surface area contributed by atoms with Crippen LogP contribution in [0.25, 0.3) is 10.9 Å². The van der Waals surface area contributed by atoms with Crippen LogP contribution in [0.1, 0.15) is 21.3 Å². The lowest BCUT2D eigenvalue weighted by molar-refractivity contribution is 0.589.